The van der Waals surface area contributed by atoms with Crippen LogP contribution in [0.15, 0.2) is 36.7 Å². The fourth-order valence-electron chi connectivity index (χ4n) is 3.09. The number of rotatable bonds is 3. The van der Waals surface area contributed by atoms with Gasteiger partial charge in [-0.05, 0) is 37.5 Å². The fraction of sp³-hybridized carbons (Fsp3) is 0.389. The molecular weight excluding hydrogens is 318 g/mol. The molecule has 25 heavy (non-hydrogen) atoms. The molecule has 0 aliphatic carbocycles. The van der Waals surface area contributed by atoms with Gasteiger partial charge in [0.05, 0.1) is 6.04 Å². The number of hydrogen-bond donors (Lipinski definition) is 2. The van der Waals surface area contributed by atoms with E-state index in [1.165, 1.54) is 6.92 Å². The van der Waals surface area contributed by atoms with E-state index in [4.69, 9.17) is 0 Å². The average Bonchev–Trinajstić information content (AvgIpc) is 3.15. The van der Waals surface area contributed by atoms with Crippen molar-refractivity contribution >= 4 is 23.3 Å². The van der Waals surface area contributed by atoms with E-state index in [0.29, 0.717) is 12.2 Å². The molecule has 132 valence electrons. The van der Waals surface area contributed by atoms with Crippen LogP contribution in [-0.4, -0.2) is 40.4 Å². The molecule has 0 bridgehead atoms. The molecule has 0 radical (unpaired) electrons. The summed E-state index contributed by atoms with van der Waals surface area (Å²) in [5.41, 5.74) is 1.41. The largest absolute Gasteiger partial charge is 0.347 e. The Morgan fingerprint density at radius 1 is 1.36 bits per heavy atom. The average molecular weight is 341 g/mol. The number of urea groups is 1. The van der Waals surface area contributed by atoms with E-state index in [-0.39, 0.29) is 18.0 Å². The number of H-pyrrole nitrogens is 1. The van der Waals surface area contributed by atoms with E-state index in [1.807, 2.05) is 23.1 Å². The van der Waals surface area contributed by atoms with Crippen molar-refractivity contribution in [2.24, 2.45) is 0 Å². The highest BCUT2D eigenvalue weighted by molar-refractivity contribution is 5.93. The number of nitrogens with zero attached hydrogens (tertiary/aromatic N) is 3. The predicted molar refractivity (Wildman–Crippen MR) is 96.4 cm³/mol. The normalized spacial score (nSPS) is 17.2. The number of aromatic nitrogens is 2. The molecule has 1 aromatic heterocycles. The first kappa shape index (κ1) is 17.0. The Balaban J connectivity index is 1.75. The van der Waals surface area contributed by atoms with Gasteiger partial charge in [-0.25, -0.2) is 9.78 Å². The lowest BCUT2D eigenvalue weighted by atomic mass is 10.0. The maximum absolute atomic E-state index is 12.8. The Morgan fingerprint density at radius 2 is 2.20 bits per heavy atom. The molecule has 2 heterocycles. The number of carbonyl (C=O) groups excluding carboxylic acids is 2. The molecule has 1 saturated heterocycles. The van der Waals surface area contributed by atoms with E-state index in [9.17, 15) is 9.59 Å². The molecule has 1 aromatic carbocycles. The van der Waals surface area contributed by atoms with Crippen LogP contribution in [0.2, 0.25) is 0 Å². The first-order valence-electron chi connectivity index (χ1n) is 8.47. The van der Waals surface area contributed by atoms with Crippen LogP contribution in [0, 0.1) is 0 Å². The molecule has 0 saturated carbocycles. The van der Waals surface area contributed by atoms with Crippen molar-refractivity contribution in [2.75, 3.05) is 23.8 Å². The van der Waals surface area contributed by atoms with Gasteiger partial charge in [0, 0.05) is 44.3 Å². The van der Waals surface area contributed by atoms with Gasteiger partial charge in [-0.15, -0.1) is 0 Å². The minimum absolute atomic E-state index is 0.0353. The van der Waals surface area contributed by atoms with Crippen molar-refractivity contribution < 1.29 is 9.59 Å². The van der Waals surface area contributed by atoms with E-state index in [1.54, 1.807) is 30.4 Å². The number of aromatic amines is 1. The second kappa shape index (κ2) is 7.38. The van der Waals surface area contributed by atoms with Gasteiger partial charge >= 0.3 is 6.03 Å². The molecule has 7 heteroatoms. The van der Waals surface area contributed by atoms with Crippen LogP contribution in [0.3, 0.4) is 0 Å². The fourth-order valence-corrected chi connectivity index (χ4v) is 3.09. The van der Waals surface area contributed by atoms with Crippen LogP contribution in [-0.2, 0) is 4.79 Å². The summed E-state index contributed by atoms with van der Waals surface area (Å²) in [4.78, 5) is 35.1. The van der Waals surface area contributed by atoms with E-state index in [0.717, 1.165) is 30.8 Å². The third-order valence-electron chi connectivity index (χ3n) is 4.56. The lowest BCUT2D eigenvalue weighted by molar-refractivity contribution is -0.116. The van der Waals surface area contributed by atoms with Crippen LogP contribution in [0.4, 0.5) is 16.2 Å². The SMILES string of the molecule is CC(=O)N(C)c1cccc(NC(=O)N2CCCC[C@H]2c2ncc[nH]2)c1. The number of hydrogen-bond acceptors (Lipinski definition) is 3. The van der Waals surface area contributed by atoms with Crippen LogP contribution in [0.1, 0.15) is 38.1 Å². The first-order chi connectivity index (χ1) is 12.1. The maximum atomic E-state index is 12.8. The number of anilines is 2. The highest BCUT2D eigenvalue weighted by atomic mass is 16.2. The molecule has 1 fully saturated rings. The van der Waals surface area contributed by atoms with Crippen molar-refractivity contribution in [3.8, 4) is 0 Å². The lowest BCUT2D eigenvalue weighted by Crippen LogP contribution is -2.41. The van der Waals surface area contributed by atoms with Gasteiger partial charge in [0.15, 0.2) is 0 Å². The minimum Gasteiger partial charge on any atom is -0.347 e. The summed E-state index contributed by atoms with van der Waals surface area (Å²) >= 11 is 0. The summed E-state index contributed by atoms with van der Waals surface area (Å²) in [6.45, 7) is 2.21. The second-order valence-electron chi connectivity index (χ2n) is 6.24. The Labute approximate surface area is 147 Å². The van der Waals surface area contributed by atoms with Gasteiger partial charge in [0.25, 0.3) is 0 Å². The Bertz CT molecular complexity index is 744. The number of amides is 3. The summed E-state index contributed by atoms with van der Waals surface area (Å²) in [6.07, 6.45) is 6.45. The minimum atomic E-state index is -0.149. The van der Waals surface area contributed by atoms with Gasteiger partial charge in [-0.1, -0.05) is 6.07 Å². The summed E-state index contributed by atoms with van der Waals surface area (Å²) in [6, 6.07) is 7.09. The van der Waals surface area contributed by atoms with Crippen molar-refractivity contribution in [1.82, 2.24) is 14.9 Å². The zero-order valence-electron chi connectivity index (χ0n) is 14.5. The molecule has 1 aliphatic heterocycles. The number of nitrogens with one attached hydrogen (secondary N) is 2. The molecule has 0 unspecified atom stereocenters. The zero-order chi connectivity index (χ0) is 17.8. The third kappa shape index (κ3) is 3.81. The summed E-state index contributed by atoms with van der Waals surface area (Å²) < 4.78 is 0. The number of likely N-dealkylation sites (tertiary alicyclic amines) is 1. The Hall–Kier alpha value is -2.83. The molecule has 1 atom stereocenters. The highest BCUT2D eigenvalue weighted by Crippen LogP contribution is 2.29. The van der Waals surface area contributed by atoms with Crippen LogP contribution in [0.25, 0.3) is 0 Å². The smallest absolute Gasteiger partial charge is 0.322 e. The summed E-state index contributed by atoms with van der Waals surface area (Å²) in [7, 11) is 1.71. The van der Waals surface area contributed by atoms with Gasteiger partial charge in [-0.3, -0.25) is 4.79 Å². The molecular formula is C18H23N5O2. The molecule has 2 aromatic rings. The van der Waals surface area contributed by atoms with Crippen molar-refractivity contribution in [1.29, 1.82) is 0 Å². The van der Waals surface area contributed by atoms with Crippen molar-refractivity contribution in [3.05, 3.63) is 42.5 Å². The van der Waals surface area contributed by atoms with Gasteiger partial charge < -0.3 is 20.1 Å². The number of carbonyl (C=O) groups is 2. The van der Waals surface area contributed by atoms with E-state index < -0.39 is 0 Å². The van der Waals surface area contributed by atoms with E-state index >= 15 is 0 Å². The number of imidazole rings is 1. The summed E-state index contributed by atoms with van der Waals surface area (Å²) in [5.74, 6) is 0.761. The van der Waals surface area contributed by atoms with Crippen molar-refractivity contribution in [2.45, 2.75) is 32.2 Å². The predicted octanol–water partition coefficient (Wildman–Crippen LogP) is 3.15. The van der Waals surface area contributed by atoms with Gasteiger partial charge in [0.2, 0.25) is 5.91 Å². The third-order valence-corrected chi connectivity index (χ3v) is 4.56. The van der Waals surface area contributed by atoms with Crippen LogP contribution < -0.4 is 10.2 Å². The van der Waals surface area contributed by atoms with Gasteiger partial charge in [0.1, 0.15) is 5.82 Å². The number of piperidine rings is 1. The highest BCUT2D eigenvalue weighted by Gasteiger charge is 2.29. The monoisotopic (exact) mass is 341 g/mol. The Morgan fingerprint density at radius 3 is 2.92 bits per heavy atom. The topological polar surface area (TPSA) is 81.3 Å². The Kier molecular flexibility index (Phi) is 5.02. The second-order valence-corrected chi connectivity index (χ2v) is 6.24. The molecule has 3 rings (SSSR count). The van der Waals surface area contributed by atoms with Crippen LogP contribution in [0.5, 0.6) is 0 Å². The lowest BCUT2D eigenvalue weighted by Gasteiger charge is -2.34. The molecule has 3 amide bonds. The zero-order valence-corrected chi connectivity index (χ0v) is 14.5. The first-order valence-corrected chi connectivity index (χ1v) is 8.47. The quantitative estimate of drug-likeness (QED) is 0.900. The van der Waals surface area contributed by atoms with Crippen molar-refractivity contribution in [3.63, 3.8) is 0 Å². The van der Waals surface area contributed by atoms with Crippen LogP contribution >= 0.6 is 0 Å². The van der Waals surface area contributed by atoms with E-state index in [2.05, 4.69) is 15.3 Å². The standard InChI is InChI=1S/C18H23N5O2/c1-13(24)22(2)15-7-5-6-14(12-15)21-18(25)23-11-4-3-8-16(23)17-19-9-10-20-17/h5-7,9-10,12,16H,3-4,8,11H2,1-2H3,(H,19,20)(H,21,25)/t16-/m0/s1. The molecule has 1 aliphatic rings. The summed E-state index contributed by atoms with van der Waals surface area (Å²) in [5, 5.41) is 2.95. The number of benzene rings is 1. The molecule has 2 N–H and O–H groups in total. The molecule has 0 spiro atoms. The maximum Gasteiger partial charge on any atom is 0.322 e. The van der Waals surface area contributed by atoms with Gasteiger partial charge in [-0.2, -0.15) is 0 Å². The molecule has 7 nitrogen and oxygen atoms in total.